The maximum absolute atomic E-state index is 14.4. The smallest absolute Gasteiger partial charge is 0.410 e. The first-order valence-electron chi connectivity index (χ1n) is 17.9. The van der Waals surface area contributed by atoms with Gasteiger partial charge in [-0.3, -0.25) is 19.3 Å². The molecule has 0 bridgehead atoms. The highest BCUT2D eigenvalue weighted by Crippen LogP contribution is 2.46. The lowest BCUT2D eigenvalue weighted by atomic mass is 10.0. The maximum atomic E-state index is 14.4. The number of carbonyl (C=O) groups excluding carboxylic acids is 5. The molecule has 0 spiro atoms. The number of rotatable bonds is 5. The largest absolute Gasteiger partial charge is 0.444 e. The molecule has 5 atom stereocenters. The van der Waals surface area contributed by atoms with E-state index in [4.69, 9.17) is 44.3 Å². The number of ether oxygens (including phenoxy) is 2. The van der Waals surface area contributed by atoms with E-state index in [0.717, 1.165) is 35.0 Å². The van der Waals surface area contributed by atoms with Crippen molar-refractivity contribution in [3.8, 4) is 0 Å². The molecule has 2 fully saturated rings. The van der Waals surface area contributed by atoms with Crippen molar-refractivity contribution >= 4 is 86.1 Å². The van der Waals surface area contributed by atoms with Crippen molar-refractivity contribution in [2.75, 3.05) is 6.54 Å². The monoisotopic (exact) mass is 857 g/mol. The Balaban J connectivity index is 1.27. The minimum Gasteiger partial charge on any atom is -0.444 e. The molecular formula is C36H42Cl3N5O9S2. The number of benzene rings is 1. The van der Waals surface area contributed by atoms with E-state index in [-0.39, 0.29) is 52.5 Å². The van der Waals surface area contributed by atoms with Crippen LogP contribution >= 0.6 is 46.1 Å². The topological polar surface area (TPSA) is 181 Å². The van der Waals surface area contributed by atoms with Crippen molar-refractivity contribution < 1.29 is 41.9 Å². The normalized spacial score (nSPS) is 25.8. The molecule has 4 aliphatic rings. The molecule has 298 valence electrons. The number of hydrogen-bond acceptors (Lipinski definition) is 10. The average molecular weight is 859 g/mol. The molecule has 1 aliphatic carbocycles. The molecule has 3 N–H and O–H groups in total. The molecule has 0 radical (unpaired) electrons. The van der Waals surface area contributed by atoms with E-state index in [1.807, 2.05) is 12.1 Å². The quantitative estimate of drug-likeness (QED) is 0.308. The first-order chi connectivity index (χ1) is 25.9. The van der Waals surface area contributed by atoms with Crippen molar-refractivity contribution in [1.82, 2.24) is 25.2 Å². The van der Waals surface area contributed by atoms with E-state index in [9.17, 15) is 32.4 Å². The second kappa shape index (κ2) is 16.1. The van der Waals surface area contributed by atoms with E-state index in [1.54, 1.807) is 39.0 Å². The van der Waals surface area contributed by atoms with Crippen molar-refractivity contribution in [3.63, 3.8) is 0 Å². The molecule has 3 aliphatic heterocycles. The van der Waals surface area contributed by atoms with Crippen molar-refractivity contribution in [2.24, 2.45) is 5.92 Å². The number of halogens is 3. The van der Waals surface area contributed by atoms with Gasteiger partial charge in [0.25, 0.3) is 15.9 Å². The number of sulfonamides is 1. The fourth-order valence-corrected chi connectivity index (χ4v) is 10.6. The summed E-state index contributed by atoms with van der Waals surface area (Å²) in [5.41, 5.74) is -0.866. The zero-order chi connectivity index (χ0) is 39.9. The summed E-state index contributed by atoms with van der Waals surface area (Å²) in [6.07, 6.45) is 4.01. The summed E-state index contributed by atoms with van der Waals surface area (Å²) in [7, 11) is -4.49. The number of fused-ring (bicyclic) bond motifs is 3. The second-order valence-electron chi connectivity index (χ2n) is 15.1. The summed E-state index contributed by atoms with van der Waals surface area (Å²) in [6, 6.07) is 4.16. The molecule has 5 amide bonds. The van der Waals surface area contributed by atoms with Gasteiger partial charge in [0.15, 0.2) is 0 Å². The number of nitrogens with one attached hydrogen (secondary N) is 3. The van der Waals surface area contributed by atoms with Gasteiger partial charge in [-0.15, -0.1) is 11.3 Å². The van der Waals surface area contributed by atoms with Gasteiger partial charge in [0.1, 0.15) is 38.6 Å². The third-order valence-electron chi connectivity index (χ3n) is 9.93. The number of allylic oxidation sites excluding steroid dienone is 1. The summed E-state index contributed by atoms with van der Waals surface area (Å²) in [5.74, 6) is -2.93. The van der Waals surface area contributed by atoms with E-state index < -0.39 is 75.2 Å². The van der Waals surface area contributed by atoms with Crippen molar-refractivity contribution in [2.45, 2.75) is 113 Å². The number of nitrogens with zero attached hydrogens (tertiary/aromatic N) is 2. The van der Waals surface area contributed by atoms with Gasteiger partial charge in [0, 0.05) is 23.9 Å². The molecule has 1 saturated carbocycles. The Morgan fingerprint density at radius 3 is 2.53 bits per heavy atom. The summed E-state index contributed by atoms with van der Waals surface area (Å²) in [6.45, 7) is 5.36. The number of hydrogen-bond donors (Lipinski definition) is 3. The SMILES string of the molecule is CC(C)(C)OC(=O)N[C@H]1CCCCCC=C[C@@H]2C[C@@]2(C(=O)NS(=O)(=O)c2cc(Cl)sc2Cl)NC(=O)[C@@H]2C[C@@H](OC(=O)N3Cc4cccc(Cl)c4C3)CN2C1=O. The van der Waals surface area contributed by atoms with Gasteiger partial charge in [-0.2, -0.15) is 0 Å². The molecule has 1 aromatic carbocycles. The van der Waals surface area contributed by atoms with Crippen LogP contribution in [0.4, 0.5) is 9.59 Å². The summed E-state index contributed by atoms with van der Waals surface area (Å²) >= 11 is 19.3. The minimum absolute atomic E-state index is 0.0781. The molecule has 55 heavy (non-hydrogen) atoms. The Morgan fingerprint density at radius 1 is 1.07 bits per heavy atom. The molecule has 4 heterocycles. The fourth-order valence-electron chi connectivity index (χ4n) is 7.12. The van der Waals surface area contributed by atoms with Crippen LogP contribution in [0.3, 0.4) is 0 Å². The summed E-state index contributed by atoms with van der Waals surface area (Å²) in [5, 5.41) is 5.96. The molecule has 19 heteroatoms. The van der Waals surface area contributed by atoms with Gasteiger partial charge < -0.3 is 25.0 Å². The van der Waals surface area contributed by atoms with Crippen LogP contribution in [-0.4, -0.2) is 84.0 Å². The van der Waals surface area contributed by atoms with Crippen LogP contribution < -0.4 is 15.4 Å². The lowest BCUT2D eigenvalue weighted by Gasteiger charge is -2.30. The first-order valence-corrected chi connectivity index (χ1v) is 21.3. The number of thiophene rings is 1. The predicted octanol–water partition coefficient (Wildman–Crippen LogP) is 5.92. The molecule has 0 unspecified atom stereocenters. The minimum atomic E-state index is -4.49. The van der Waals surface area contributed by atoms with Crippen LogP contribution in [0.5, 0.6) is 0 Å². The predicted molar refractivity (Wildman–Crippen MR) is 205 cm³/mol. The molecule has 1 saturated heterocycles. The molecule has 2 aromatic rings. The highest BCUT2D eigenvalue weighted by molar-refractivity contribution is 7.90. The van der Waals surface area contributed by atoms with Crippen LogP contribution in [0.15, 0.2) is 41.3 Å². The number of carbonyl (C=O) groups is 5. The van der Waals surface area contributed by atoms with Gasteiger partial charge in [-0.1, -0.05) is 71.9 Å². The molecule has 6 rings (SSSR count). The second-order valence-corrected chi connectivity index (χ2v) is 19.5. The van der Waals surface area contributed by atoms with Crippen molar-refractivity contribution in [1.29, 1.82) is 0 Å². The Labute approximate surface area is 338 Å². The van der Waals surface area contributed by atoms with Gasteiger partial charge in [-0.25, -0.2) is 22.7 Å². The Kier molecular flexibility index (Phi) is 12.0. The zero-order valence-electron chi connectivity index (χ0n) is 30.4. The van der Waals surface area contributed by atoms with Gasteiger partial charge in [-0.05, 0) is 69.7 Å². The van der Waals surface area contributed by atoms with Crippen LogP contribution in [0, 0.1) is 5.92 Å². The van der Waals surface area contributed by atoms with E-state index in [1.165, 1.54) is 9.80 Å². The van der Waals surface area contributed by atoms with Gasteiger partial charge in [0.2, 0.25) is 11.8 Å². The summed E-state index contributed by atoms with van der Waals surface area (Å²) in [4.78, 5) is 71.3. The van der Waals surface area contributed by atoms with Gasteiger partial charge >= 0.3 is 12.2 Å². The third-order valence-corrected chi connectivity index (χ3v) is 13.4. The lowest BCUT2D eigenvalue weighted by molar-refractivity contribution is -0.141. The average Bonchev–Trinajstić information content (AvgIpc) is 3.39. The highest BCUT2D eigenvalue weighted by Gasteiger charge is 2.62. The zero-order valence-corrected chi connectivity index (χ0v) is 34.3. The standard InChI is InChI=1S/C36H42Cl3N5O9S2/c1-35(2,3)53-33(48)40-25-13-8-6-4-5-7-11-21-16-36(21,32(47)42-55(50,51)27-15-28(38)54-29(27)39)41-30(45)26-14-22(18-44(26)31(25)46)52-34(49)43-17-20-10-9-12-24(37)23(20)19-43/h7,9-12,15,21-22,25-26H,4-6,8,13-14,16-19H2,1-3H3,(H,40,48)(H,41,45)(H,42,47)/t21-,22-,25+,26+,36-/m1/s1. The Hall–Kier alpha value is -3.57. The third kappa shape index (κ3) is 9.36. The molecular weight excluding hydrogens is 817 g/mol. The Morgan fingerprint density at radius 2 is 1.84 bits per heavy atom. The van der Waals surface area contributed by atoms with Crippen LogP contribution in [0.1, 0.15) is 76.8 Å². The number of amides is 5. The molecule has 1 aromatic heterocycles. The van der Waals surface area contributed by atoms with E-state index >= 15 is 0 Å². The summed E-state index contributed by atoms with van der Waals surface area (Å²) < 4.78 is 39.9. The fraction of sp³-hybridized carbons (Fsp3) is 0.528. The number of alkyl carbamates (subject to hydrolysis) is 1. The van der Waals surface area contributed by atoms with Crippen molar-refractivity contribution in [3.05, 3.63) is 61.2 Å². The van der Waals surface area contributed by atoms with Crippen LogP contribution in [0.25, 0.3) is 0 Å². The highest BCUT2D eigenvalue weighted by atomic mass is 35.5. The maximum Gasteiger partial charge on any atom is 0.410 e. The first kappa shape index (κ1) is 41.1. The van der Waals surface area contributed by atoms with Gasteiger partial charge in [0.05, 0.1) is 17.4 Å². The van der Waals surface area contributed by atoms with Crippen LogP contribution in [-0.2, 0) is 47.0 Å². The van der Waals surface area contributed by atoms with E-state index in [0.29, 0.717) is 24.3 Å². The van der Waals surface area contributed by atoms with E-state index in [2.05, 4.69) is 15.4 Å². The lowest BCUT2D eigenvalue weighted by Crippen LogP contribution is -2.58. The van der Waals surface area contributed by atoms with Crippen LogP contribution in [0.2, 0.25) is 13.7 Å². The molecule has 14 nitrogen and oxygen atoms in total. The Bertz CT molecular complexity index is 2020.